The third-order valence-electron chi connectivity index (χ3n) is 4.48. The van der Waals surface area contributed by atoms with Crippen LogP contribution in [0.5, 0.6) is 11.5 Å². The lowest BCUT2D eigenvalue weighted by Gasteiger charge is -2.27. The van der Waals surface area contributed by atoms with Crippen molar-refractivity contribution in [1.29, 1.82) is 0 Å². The van der Waals surface area contributed by atoms with Crippen molar-refractivity contribution in [2.24, 2.45) is 0 Å². The second-order valence-electron chi connectivity index (χ2n) is 6.06. The highest BCUT2D eigenvalue weighted by atomic mass is 16.5. The van der Waals surface area contributed by atoms with Crippen molar-refractivity contribution in [3.8, 4) is 11.5 Å². The summed E-state index contributed by atoms with van der Waals surface area (Å²) in [6.45, 7) is 6.22. The molecule has 1 saturated heterocycles. The number of methoxy groups -OCH3 is 3. The number of carbonyl (C=O) groups is 1. The Bertz CT molecular complexity index is 550. The zero-order valence-electron chi connectivity index (χ0n) is 15.1. The zero-order chi connectivity index (χ0) is 17.5. The minimum atomic E-state index is 0.0391. The molecule has 0 saturated carbocycles. The van der Waals surface area contributed by atoms with Crippen molar-refractivity contribution in [1.82, 2.24) is 9.80 Å². The average molecular weight is 336 g/mol. The Labute approximate surface area is 144 Å². The lowest BCUT2D eigenvalue weighted by Crippen LogP contribution is -2.40. The van der Waals surface area contributed by atoms with Crippen molar-refractivity contribution in [2.75, 3.05) is 54.1 Å². The highest BCUT2D eigenvalue weighted by Crippen LogP contribution is 2.28. The van der Waals surface area contributed by atoms with E-state index in [1.807, 2.05) is 4.90 Å². The Balaban J connectivity index is 2.05. The van der Waals surface area contributed by atoms with Crippen LogP contribution in [0.3, 0.4) is 0 Å². The first kappa shape index (κ1) is 18.5. The summed E-state index contributed by atoms with van der Waals surface area (Å²) in [6.07, 6.45) is 0.965. The maximum atomic E-state index is 12.8. The van der Waals surface area contributed by atoms with Gasteiger partial charge in [-0.3, -0.25) is 9.69 Å². The van der Waals surface area contributed by atoms with Gasteiger partial charge in [-0.2, -0.15) is 0 Å². The molecule has 134 valence electrons. The van der Waals surface area contributed by atoms with E-state index >= 15 is 0 Å². The van der Waals surface area contributed by atoms with Gasteiger partial charge in [0.1, 0.15) is 0 Å². The molecule has 1 fully saturated rings. The van der Waals surface area contributed by atoms with E-state index < -0.39 is 0 Å². The Morgan fingerprint density at radius 3 is 2.50 bits per heavy atom. The molecule has 0 bridgehead atoms. The summed E-state index contributed by atoms with van der Waals surface area (Å²) in [4.78, 5) is 17.1. The third-order valence-corrected chi connectivity index (χ3v) is 4.48. The van der Waals surface area contributed by atoms with Gasteiger partial charge in [-0.15, -0.1) is 0 Å². The van der Waals surface area contributed by atoms with Crippen LogP contribution in [0.25, 0.3) is 0 Å². The molecule has 1 amide bonds. The average Bonchev–Trinajstić information content (AvgIpc) is 2.86. The maximum absolute atomic E-state index is 12.8. The normalized spacial score (nSPS) is 17.2. The van der Waals surface area contributed by atoms with Crippen LogP contribution in [0.15, 0.2) is 18.2 Å². The van der Waals surface area contributed by atoms with Crippen LogP contribution in [0, 0.1) is 0 Å². The molecular weight excluding hydrogens is 308 g/mol. The first-order valence-corrected chi connectivity index (χ1v) is 8.35. The van der Waals surface area contributed by atoms with Crippen LogP contribution in [-0.2, 0) is 4.74 Å². The summed E-state index contributed by atoms with van der Waals surface area (Å²) >= 11 is 0. The molecule has 0 aliphatic carbocycles. The van der Waals surface area contributed by atoms with Crippen molar-refractivity contribution >= 4 is 5.91 Å². The molecule has 1 aliphatic heterocycles. The zero-order valence-corrected chi connectivity index (χ0v) is 15.1. The molecule has 0 radical (unpaired) electrons. The van der Waals surface area contributed by atoms with E-state index in [0.29, 0.717) is 29.7 Å². The molecule has 0 aromatic heterocycles. The van der Waals surface area contributed by atoms with Gasteiger partial charge >= 0.3 is 0 Å². The number of nitrogens with zero attached hydrogens (tertiary/aromatic N) is 2. The lowest BCUT2D eigenvalue weighted by molar-refractivity contribution is 0.0744. The number of rotatable bonds is 6. The second kappa shape index (κ2) is 8.89. The molecule has 6 nitrogen and oxygen atoms in total. The number of hydrogen-bond acceptors (Lipinski definition) is 5. The fourth-order valence-electron chi connectivity index (χ4n) is 3.08. The number of hydrogen-bond donors (Lipinski definition) is 0. The summed E-state index contributed by atoms with van der Waals surface area (Å²) in [7, 11) is 4.89. The first-order chi connectivity index (χ1) is 11.6. The van der Waals surface area contributed by atoms with Crippen molar-refractivity contribution in [2.45, 2.75) is 19.4 Å². The molecule has 1 heterocycles. The van der Waals surface area contributed by atoms with Crippen molar-refractivity contribution < 1.29 is 19.0 Å². The fraction of sp³-hybridized carbons (Fsp3) is 0.611. The predicted octanol–water partition coefficient (Wildman–Crippen LogP) is 1.89. The maximum Gasteiger partial charge on any atom is 0.254 e. The van der Waals surface area contributed by atoms with Gasteiger partial charge < -0.3 is 19.1 Å². The number of benzene rings is 1. The molecule has 1 aliphatic rings. The van der Waals surface area contributed by atoms with E-state index in [0.717, 1.165) is 32.6 Å². The summed E-state index contributed by atoms with van der Waals surface area (Å²) in [5.41, 5.74) is 0.631. The van der Waals surface area contributed by atoms with Gasteiger partial charge in [0.25, 0.3) is 5.91 Å². The molecule has 0 spiro atoms. The molecule has 6 heteroatoms. The molecule has 2 rings (SSSR count). The molecule has 1 atom stereocenters. The van der Waals surface area contributed by atoms with Crippen molar-refractivity contribution in [3.63, 3.8) is 0 Å². The van der Waals surface area contributed by atoms with E-state index in [1.165, 1.54) is 0 Å². The standard InChI is InChI=1S/C18H28N2O4/c1-14(13-22-2)19-8-5-9-20(11-10-19)18(21)15-6-7-16(23-3)17(12-15)24-4/h6-7,12,14H,5,8-11,13H2,1-4H3. The van der Waals surface area contributed by atoms with Crippen LogP contribution in [0.4, 0.5) is 0 Å². The topological polar surface area (TPSA) is 51.2 Å². The van der Waals surface area contributed by atoms with Crippen LogP contribution in [0.2, 0.25) is 0 Å². The summed E-state index contributed by atoms with van der Waals surface area (Å²) in [6, 6.07) is 5.68. The van der Waals surface area contributed by atoms with Gasteiger partial charge in [0.15, 0.2) is 11.5 Å². The second-order valence-corrected chi connectivity index (χ2v) is 6.06. The van der Waals surface area contributed by atoms with Gasteiger partial charge in [0, 0.05) is 44.9 Å². The van der Waals surface area contributed by atoms with Gasteiger partial charge in [-0.25, -0.2) is 0 Å². The van der Waals surface area contributed by atoms with E-state index in [9.17, 15) is 4.79 Å². The van der Waals surface area contributed by atoms with Crippen LogP contribution in [0.1, 0.15) is 23.7 Å². The van der Waals surface area contributed by atoms with Gasteiger partial charge in [0.05, 0.1) is 20.8 Å². The molecule has 1 unspecified atom stereocenters. The molecule has 1 aromatic rings. The summed E-state index contributed by atoms with van der Waals surface area (Å²) in [5.74, 6) is 1.25. The molecule has 1 aromatic carbocycles. The summed E-state index contributed by atoms with van der Waals surface area (Å²) < 4.78 is 15.8. The lowest BCUT2D eigenvalue weighted by atomic mass is 10.1. The third kappa shape index (κ3) is 4.39. The van der Waals surface area contributed by atoms with Crippen LogP contribution >= 0.6 is 0 Å². The van der Waals surface area contributed by atoms with Crippen molar-refractivity contribution in [3.05, 3.63) is 23.8 Å². The van der Waals surface area contributed by atoms with Gasteiger partial charge in [-0.05, 0) is 31.5 Å². The van der Waals surface area contributed by atoms with E-state index in [-0.39, 0.29) is 5.91 Å². The number of amides is 1. The largest absolute Gasteiger partial charge is 0.493 e. The molecule has 0 N–H and O–H groups in total. The highest BCUT2D eigenvalue weighted by molar-refractivity contribution is 5.95. The highest BCUT2D eigenvalue weighted by Gasteiger charge is 2.23. The quantitative estimate of drug-likeness (QED) is 0.794. The minimum absolute atomic E-state index is 0.0391. The molecular formula is C18H28N2O4. The van der Waals surface area contributed by atoms with Crippen LogP contribution in [-0.4, -0.2) is 75.9 Å². The van der Waals surface area contributed by atoms with E-state index in [4.69, 9.17) is 14.2 Å². The Hall–Kier alpha value is -1.79. The SMILES string of the molecule is COCC(C)N1CCCN(C(=O)c2ccc(OC)c(OC)c2)CC1. The predicted molar refractivity (Wildman–Crippen MR) is 93.0 cm³/mol. The Kier molecular flexibility index (Phi) is 6.87. The summed E-state index contributed by atoms with van der Waals surface area (Å²) in [5, 5.41) is 0. The van der Waals surface area contributed by atoms with Gasteiger partial charge in [0.2, 0.25) is 0 Å². The number of ether oxygens (including phenoxy) is 3. The first-order valence-electron chi connectivity index (χ1n) is 8.35. The van der Waals surface area contributed by atoms with Gasteiger partial charge in [-0.1, -0.05) is 0 Å². The minimum Gasteiger partial charge on any atom is -0.493 e. The molecule has 24 heavy (non-hydrogen) atoms. The number of carbonyl (C=O) groups excluding carboxylic acids is 1. The fourth-order valence-corrected chi connectivity index (χ4v) is 3.08. The van der Waals surface area contributed by atoms with E-state index in [1.54, 1.807) is 39.5 Å². The smallest absolute Gasteiger partial charge is 0.254 e. The van der Waals surface area contributed by atoms with Crippen LogP contribution < -0.4 is 9.47 Å². The van der Waals surface area contributed by atoms with E-state index in [2.05, 4.69) is 11.8 Å². The Morgan fingerprint density at radius 1 is 1.08 bits per heavy atom. The Morgan fingerprint density at radius 2 is 1.83 bits per heavy atom. The monoisotopic (exact) mass is 336 g/mol.